The average Bonchev–Trinajstić information content (AvgIpc) is 2.36. The number of aryl methyl sites for hydroxylation is 1. The van der Waals surface area contributed by atoms with Gasteiger partial charge in [0.05, 0.1) is 4.90 Å². The Hall–Kier alpha value is -1.07. The Morgan fingerprint density at radius 2 is 1.94 bits per heavy atom. The second-order valence-electron chi connectivity index (χ2n) is 4.32. The lowest BCUT2D eigenvalue weighted by Gasteiger charge is -2.11. The molecule has 0 fully saturated rings. The Labute approximate surface area is 110 Å². The molecule has 0 aliphatic rings. The lowest BCUT2D eigenvalue weighted by molar-refractivity contribution is 0.587. The number of benzene rings is 1. The highest BCUT2D eigenvalue weighted by Gasteiger charge is 2.14. The monoisotopic (exact) mass is 270 g/mol. The maximum absolute atomic E-state index is 11.8. The van der Waals surface area contributed by atoms with E-state index in [2.05, 4.69) is 17.0 Å². The molecule has 0 aliphatic heterocycles. The molecular weight excluding hydrogens is 248 g/mol. The van der Waals surface area contributed by atoms with Crippen LogP contribution in [0.15, 0.2) is 23.1 Å². The van der Waals surface area contributed by atoms with Gasteiger partial charge in [0.25, 0.3) is 0 Å². The van der Waals surface area contributed by atoms with Crippen LogP contribution in [0, 0.1) is 6.92 Å². The minimum atomic E-state index is -3.38. The molecule has 0 aliphatic carbocycles. The Balaban J connectivity index is 2.82. The highest BCUT2D eigenvalue weighted by molar-refractivity contribution is 7.89. The standard InChI is InChI=1S/C13H22N2O2S/c1-4-5-6-9-15-12-8-7-11(2)13(10-12)18(16,17)14-3/h7-8,10,14-15H,4-6,9H2,1-3H3. The predicted octanol–water partition coefficient (Wildman–Crippen LogP) is 2.51. The zero-order chi connectivity index (χ0) is 13.6. The van der Waals surface area contributed by atoms with E-state index in [0.717, 1.165) is 24.2 Å². The van der Waals surface area contributed by atoms with Gasteiger partial charge in [-0.15, -0.1) is 0 Å². The number of unbranched alkanes of at least 4 members (excludes halogenated alkanes) is 2. The first kappa shape index (κ1) is 15.0. The summed E-state index contributed by atoms with van der Waals surface area (Å²) in [7, 11) is -1.95. The van der Waals surface area contributed by atoms with E-state index in [9.17, 15) is 8.42 Å². The van der Waals surface area contributed by atoms with Crippen LogP contribution in [-0.4, -0.2) is 22.0 Å². The van der Waals surface area contributed by atoms with E-state index in [1.54, 1.807) is 13.0 Å². The summed E-state index contributed by atoms with van der Waals surface area (Å²) in [4.78, 5) is 0.338. The van der Waals surface area contributed by atoms with Crippen molar-refractivity contribution in [3.8, 4) is 0 Å². The summed E-state index contributed by atoms with van der Waals surface area (Å²) in [6.45, 7) is 4.82. The number of sulfonamides is 1. The Morgan fingerprint density at radius 3 is 2.56 bits per heavy atom. The maximum Gasteiger partial charge on any atom is 0.240 e. The van der Waals surface area contributed by atoms with E-state index in [-0.39, 0.29) is 0 Å². The summed E-state index contributed by atoms with van der Waals surface area (Å²) in [6, 6.07) is 5.43. The van der Waals surface area contributed by atoms with E-state index in [4.69, 9.17) is 0 Å². The van der Waals surface area contributed by atoms with Crippen molar-refractivity contribution in [1.82, 2.24) is 4.72 Å². The van der Waals surface area contributed by atoms with Gasteiger partial charge in [-0.25, -0.2) is 13.1 Å². The molecule has 0 heterocycles. The minimum Gasteiger partial charge on any atom is -0.385 e. The highest BCUT2D eigenvalue weighted by Crippen LogP contribution is 2.19. The summed E-state index contributed by atoms with van der Waals surface area (Å²) in [5.41, 5.74) is 1.61. The van der Waals surface area contributed by atoms with Crippen molar-refractivity contribution in [2.24, 2.45) is 0 Å². The van der Waals surface area contributed by atoms with Crippen molar-refractivity contribution < 1.29 is 8.42 Å². The number of anilines is 1. The van der Waals surface area contributed by atoms with Gasteiger partial charge in [0, 0.05) is 12.2 Å². The first-order chi connectivity index (χ1) is 8.51. The van der Waals surface area contributed by atoms with Crippen molar-refractivity contribution >= 4 is 15.7 Å². The number of nitrogens with one attached hydrogen (secondary N) is 2. The van der Waals surface area contributed by atoms with E-state index < -0.39 is 10.0 Å². The quantitative estimate of drug-likeness (QED) is 0.748. The minimum absolute atomic E-state index is 0.338. The van der Waals surface area contributed by atoms with Gasteiger partial charge in [-0.3, -0.25) is 0 Å². The van der Waals surface area contributed by atoms with Crippen LogP contribution in [0.25, 0.3) is 0 Å². The average molecular weight is 270 g/mol. The Kier molecular flexibility index (Phi) is 5.62. The molecule has 0 amide bonds. The van der Waals surface area contributed by atoms with Crippen LogP contribution >= 0.6 is 0 Å². The first-order valence-corrected chi connectivity index (χ1v) is 7.77. The zero-order valence-corrected chi connectivity index (χ0v) is 12.1. The molecule has 0 spiro atoms. The van der Waals surface area contributed by atoms with Crippen LogP contribution in [-0.2, 0) is 10.0 Å². The molecule has 18 heavy (non-hydrogen) atoms. The third-order valence-corrected chi connectivity index (χ3v) is 4.41. The second-order valence-corrected chi connectivity index (χ2v) is 6.18. The largest absolute Gasteiger partial charge is 0.385 e. The molecule has 2 N–H and O–H groups in total. The van der Waals surface area contributed by atoms with Crippen LogP contribution in [0.5, 0.6) is 0 Å². The van der Waals surface area contributed by atoms with Crippen LogP contribution in [0.3, 0.4) is 0 Å². The summed E-state index contributed by atoms with van der Waals surface area (Å²) in [5.74, 6) is 0. The van der Waals surface area contributed by atoms with E-state index in [1.165, 1.54) is 19.9 Å². The third-order valence-electron chi connectivity index (χ3n) is 2.86. The molecule has 0 radical (unpaired) electrons. The normalized spacial score (nSPS) is 11.5. The van der Waals surface area contributed by atoms with Crippen molar-refractivity contribution in [3.05, 3.63) is 23.8 Å². The molecule has 0 saturated carbocycles. The fraction of sp³-hybridized carbons (Fsp3) is 0.538. The van der Waals surface area contributed by atoms with Crippen LogP contribution in [0.2, 0.25) is 0 Å². The SMILES string of the molecule is CCCCCNc1ccc(C)c(S(=O)(=O)NC)c1. The smallest absolute Gasteiger partial charge is 0.240 e. The summed E-state index contributed by atoms with van der Waals surface area (Å²) in [6.07, 6.45) is 3.45. The lowest BCUT2D eigenvalue weighted by atomic mass is 10.2. The summed E-state index contributed by atoms with van der Waals surface area (Å²) in [5, 5.41) is 3.25. The fourth-order valence-corrected chi connectivity index (χ4v) is 2.71. The van der Waals surface area contributed by atoms with Crippen molar-refractivity contribution in [3.63, 3.8) is 0 Å². The van der Waals surface area contributed by atoms with Gasteiger partial charge in [-0.05, 0) is 38.1 Å². The van der Waals surface area contributed by atoms with Gasteiger partial charge in [-0.2, -0.15) is 0 Å². The van der Waals surface area contributed by atoms with Crippen molar-refractivity contribution in [2.45, 2.75) is 38.0 Å². The molecule has 0 unspecified atom stereocenters. The molecule has 102 valence electrons. The summed E-state index contributed by atoms with van der Waals surface area (Å²) < 4.78 is 26.0. The maximum atomic E-state index is 11.8. The van der Waals surface area contributed by atoms with Crippen LogP contribution in [0.4, 0.5) is 5.69 Å². The number of rotatable bonds is 7. The zero-order valence-electron chi connectivity index (χ0n) is 11.3. The molecule has 0 atom stereocenters. The van der Waals surface area contributed by atoms with Gasteiger partial charge in [-0.1, -0.05) is 25.8 Å². The van der Waals surface area contributed by atoms with Gasteiger partial charge in [0.15, 0.2) is 0 Å². The van der Waals surface area contributed by atoms with Gasteiger partial charge >= 0.3 is 0 Å². The van der Waals surface area contributed by atoms with E-state index in [0.29, 0.717) is 4.90 Å². The van der Waals surface area contributed by atoms with Gasteiger partial charge < -0.3 is 5.32 Å². The van der Waals surface area contributed by atoms with E-state index >= 15 is 0 Å². The van der Waals surface area contributed by atoms with Gasteiger partial charge in [0.2, 0.25) is 10.0 Å². The second kappa shape index (κ2) is 6.75. The van der Waals surface area contributed by atoms with E-state index in [1.807, 2.05) is 12.1 Å². The molecule has 1 aromatic carbocycles. The molecule has 4 nitrogen and oxygen atoms in total. The Bertz CT molecular complexity index is 484. The van der Waals surface area contributed by atoms with Crippen molar-refractivity contribution in [1.29, 1.82) is 0 Å². The summed E-state index contributed by atoms with van der Waals surface area (Å²) >= 11 is 0. The lowest BCUT2D eigenvalue weighted by Crippen LogP contribution is -2.19. The molecule has 5 heteroatoms. The molecule has 1 aromatic rings. The fourth-order valence-electron chi connectivity index (χ4n) is 1.72. The Morgan fingerprint density at radius 1 is 1.22 bits per heavy atom. The first-order valence-electron chi connectivity index (χ1n) is 6.29. The topological polar surface area (TPSA) is 58.2 Å². The van der Waals surface area contributed by atoms with Crippen LogP contribution < -0.4 is 10.0 Å². The van der Waals surface area contributed by atoms with Crippen LogP contribution in [0.1, 0.15) is 31.7 Å². The molecule has 0 saturated heterocycles. The number of hydrogen-bond donors (Lipinski definition) is 2. The molecule has 1 rings (SSSR count). The molecule has 0 bridgehead atoms. The van der Waals surface area contributed by atoms with Crippen molar-refractivity contribution in [2.75, 3.05) is 18.9 Å². The number of hydrogen-bond acceptors (Lipinski definition) is 3. The third kappa shape index (κ3) is 3.99. The molecular formula is C13H22N2O2S. The highest BCUT2D eigenvalue weighted by atomic mass is 32.2. The predicted molar refractivity (Wildman–Crippen MR) is 75.4 cm³/mol. The molecule has 0 aromatic heterocycles. The van der Waals surface area contributed by atoms with Gasteiger partial charge in [0.1, 0.15) is 0 Å².